The first kappa shape index (κ1) is 13.3. The van der Waals surface area contributed by atoms with E-state index in [4.69, 9.17) is 0 Å². The monoisotopic (exact) mass is 295 g/mol. The molecular formula is C18H17NO3. The molecule has 0 aromatic heterocycles. The Balaban J connectivity index is 1.93. The molecule has 22 heavy (non-hydrogen) atoms. The molecule has 3 N–H and O–H groups in total. The van der Waals surface area contributed by atoms with Crippen molar-refractivity contribution in [3.05, 3.63) is 58.7 Å². The Bertz CT molecular complexity index is 784. The molecule has 2 aliphatic rings. The van der Waals surface area contributed by atoms with Crippen LogP contribution in [0.2, 0.25) is 0 Å². The van der Waals surface area contributed by atoms with Crippen LogP contribution >= 0.6 is 0 Å². The van der Waals surface area contributed by atoms with Crippen LogP contribution in [0.25, 0.3) is 0 Å². The van der Waals surface area contributed by atoms with Crippen LogP contribution in [0.1, 0.15) is 35.1 Å². The molecule has 1 aliphatic carbocycles. The number of rotatable bonds is 1. The van der Waals surface area contributed by atoms with Gasteiger partial charge in [0.1, 0.15) is 5.75 Å². The number of aliphatic hydroxyl groups is 1. The fraction of sp³-hybridized carbons (Fsp3) is 0.278. The molecule has 0 bridgehead atoms. The summed E-state index contributed by atoms with van der Waals surface area (Å²) in [5, 5.41) is 24.2. The Labute approximate surface area is 128 Å². The van der Waals surface area contributed by atoms with E-state index in [0.29, 0.717) is 11.3 Å². The molecule has 1 amide bonds. The van der Waals surface area contributed by atoms with Gasteiger partial charge in [0, 0.05) is 16.8 Å². The molecule has 4 heteroatoms. The van der Waals surface area contributed by atoms with Gasteiger partial charge in [-0.2, -0.15) is 0 Å². The highest BCUT2D eigenvalue weighted by atomic mass is 16.3. The minimum atomic E-state index is -1.83. The lowest BCUT2D eigenvalue weighted by Crippen LogP contribution is -2.35. The van der Waals surface area contributed by atoms with Gasteiger partial charge < -0.3 is 15.5 Å². The number of amides is 1. The lowest BCUT2D eigenvalue weighted by molar-refractivity contribution is -0.129. The normalized spacial score (nSPS) is 22.9. The summed E-state index contributed by atoms with van der Waals surface area (Å²) >= 11 is 0. The van der Waals surface area contributed by atoms with Gasteiger partial charge in [-0.25, -0.2) is 0 Å². The maximum absolute atomic E-state index is 12.4. The van der Waals surface area contributed by atoms with Gasteiger partial charge >= 0.3 is 0 Å². The third-order valence-electron chi connectivity index (χ3n) is 4.74. The minimum absolute atomic E-state index is 0.0185. The van der Waals surface area contributed by atoms with Gasteiger partial charge in [-0.1, -0.05) is 18.2 Å². The summed E-state index contributed by atoms with van der Waals surface area (Å²) in [5.74, 6) is -0.533. The van der Waals surface area contributed by atoms with E-state index >= 15 is 0 Å². The molecule has 0 saturated heterocycles. The second-order valence-electron chi connectivity index (χ2n) is 6.06. The van der Waals surface area contributed by atoms with Crippen LogP contribution in [0.4, 0.5) is 5.69 Å². The van der Waals surface area contributed by atoms with E-state index in [9.17, 15) is 15.0 Å². The van der Waals surface area contributed by atoms with E-state index in [2.05, 4.69) is 5.32 Å². The van der Waals surface area contributed by atoms with Crippen molar-refractivity contribution in [3.63, 3.8) is 0 Å². The summed E-state index contributed by atoms with van der Waals surface area (Å²) in [6.07, 6.45) is 4.06. The third-order valence-corrected chi connectivity index (χ3v) is 4.74. The second-order valence-corrected chi connectivity index (χ2v) is 6.06. The third kappa shape index (κ3) is 1.70. The largest absolute Gasteiger partial charge is 0.508 e. The molecule has 2 aromatic rings. The number of carbonyl (C=O) groups excluding carboxylic acids is 1. The number of phenolic OH excluding ortho intramolecular Hbond substituents is 1. The second kappa shape index (κ2) is 4.58. The predicted octanol–water partition coefficient (Wildman–Crippen LogP) is 2.46. The van der Waals surface area contributed by atoms with Gasteiger partial charge in [-0.05, 0) is 55.0 Å². The van der Waals surface area contributed by atoms with Crippen LogP contribution < -0.4 is 5.32 Å². The number of benzene rings is 2. The van der Waals surface area contributed by atoms with Gasteiger partial charge in [0.05, 0.1) is 0 Å². The van der Waals surface area contributed by atoms with E-state index in [-0.39, 0.29) is 11.3 Å². The lowest BCUT2D eigenvalue weighted by Gasteiger charge is -2.25. The Morgan fingerprint density at radius 2 is 1.68 bits per heavy atom. The van der Waals surface area contributed by atoms with Gasteiger partial charge in [-0.3, -0.25) is 4.79 Å². The zero-order valence-corrected chi connectivity index (χ0v) is 12.1. The maximum Gasteiger partial charge on any atom is 0.266 e. The molecule has 4 rings (SSSR count). The summed E-state index contributed by atoms with van der Waals surface area (Å²) in [7, 11) is 0. The van der Waals surface area contributed by atoms with Crippen LogP contribution in [-0.4, -0.2) is 16.1 Å². The average molecular weight is 295 g/mol. The summed E-state index contributed by atoms with van der Waals surface area (Å²) in [6, 6.07) is 10.5. The molecule has 2 aromatic carbocycles. The summed E-state index contributed by atoms with van der Waals surface area (Å²) in [6.45, 7) is 0. The number of hydrogen-bond donors (Lipinski definition) is 3. The first-order chi connectivity index (χ1) is 10.6. The van der Waals surface area contributed by atoms with Gasteiger partial charge in [0.2, 0.25) is 0 Å². The molecule has 1 aliphatic heterocycles. The molecule has 112 valence electrons. The number of nitrogens with one attached hydrogen (secondary N) is 1. The fourth-order valence-electron chi connectivity index (χ4n) is 3.57. The molecular weight excluding hydrogens is 278 g/mol. The van der Waals surface area contributed by atoms with E-state index in [1.54, 1.807) is 36.4 Å². The van der Waals surface area contributed by atoms with Crippen LogP contribution in [0.3, 0.4) is 0 Å². The average Bonchev–Trinajstić information content (AvgIpc) is 2.79. The molecule has 1 atom stereocenters. The van der Waals surface area contributed by atoms with Gasteiger partial charge in [0.15, 0.2) is 5.60 Å². The topological polar surface area (TPSA) is 69.6 Å². The van der Waals surface area contributed by atoms with Crippen LogP contribution in [0, 0.1) is 0 Å². The number of phenols is 1. The Morgan fingerprint density at radius 1 is 1.00 bits per heavy atom. The zero-order chi connectivity index (χ0) is 15.3. The predicted molar refractivity (Wildman–Crippen MR) is 82.8 cm³/mol. The van der Waals surface area contributed by atoms with Gasteiger partial charge in [0.25, 0.3) is 5.91 Å². The molecule has 1 unspecified atom stereocenters. The number of fused-ring (bicyclic) bond motifs is 2. The van der Waals surface area contributed by atoms with Crippen LogP contribution in [-0.2, 0) is 23.2 Å². The number of aryl methyl sites for hydroxylation is 2. The van der Waals surface area contributed by atoms with Crippen molar-refractivity contribution in [2.75, 3.05) is 5.32 Å². The molecule has 4 nitrogen and oxygen atoms in total. The Hall–Kier alpha value is -2.33. The van der Waals surface area contributed by atoms with Crippen molar-refractivity contribution in [2.24, 2.45) is 0 Å². The summed E-state index contributed by atoms with van der Waals surface area (Å²) < 4.78 is 0. The smallest absolute Gasteiger partial charge is 0.266 e. The lowest BCUT2D eigenvalue weighted by atomic mass is 9.82. The standard InChI is InChI=1S/C18H17NO3/c20-16-10-12-6-2-1-5-11(12)9-14(16)18(22)13-7-3-4-8-15(13)19-17(18)21/h3-4,7-10,20,22H,1-2,5-6H2,(H,19,21). The first-order valence-corrected chi connectivity index (χ1v) is 7.59. The van der Waals surface area contributed by atoms with Crippen molar-refractivity contribution in [1.82, 2.24) is 0 Å². The summed E-state index contributed by atoms with van der Waals surface area (Å²) in [5.41, 5.74) is 1.76. The van der Waals surface area contributed by atoms with Crippen molar-refractivity contribution in [2.45, 2.75) is 31.3 Å². The molecule has 0 radical (unpaired) electrons. The van der Waals surface area contributed by atoms with E-state index < -0.39 is 11.5 Å². The Kier molecular flexibility index (Phi) is 2.78. The molecule has 0 spiro atoms. The SMILES string of the molecule is O=C1Nc2ccccc2C1(O)c1cc2c(cc1O)CCCC2. The van der Waals surface area contributed by atoms with Crippen molar-refractivity contribution in [3.8, 4) is 5.75 Å². The highest BCUT2D eigenvalue weighted by molar-refractivity contribution is 6.07. The highest BCUT2D eigenvalue weighted by Crippen LogP contribution is 2.45. The molecule has 0 saturated carbocycles. The molecule has 1 heterocycles. The van der Waals surface area contributed by atoms with E-state index in [1.165, 1.54) is 0 Å². The van der Waals surface area contributed by atoms with Crippen molar-refractivity contribution < 1.29 is 15.0 Å². The van der Waals surface area contributed by atoms with Crippen LogP contribution in [0.5, 0.6) is 5.75 Å². The number of anilines is 1. The maximum atomic E-state index is 12.4. The van der Waals surface area contributed by atoms with Crippen LogP contribution in [0.15, 0.2) is 36.4 Å². The fourth-order valence-corrected chi connectivity index (χ4v) is 3.57. The zero-order valence-electron chi connectivity index (χ0n) is 12.1. The van der Waals surface area contributed by atoms with Gasteiger partial charge in [-0.15, -0.1) is 0 Å². The van der Waals surface area contributed by atoms with Crippen molar-refractivity contribution in [1.29, 1.82) is 0 Å². The highest BCUT2D eigenvalue weighted by Gasteiger charge is 2.48. The number of para-hydroxylation sites is 1. The number of aromatic hydroxyl groups is 1. The molecule has 0 fully saturated rings. The van der Waals surface area contributed by atoms with E-state index in [0.717, 1.165) is 36.8 Å². The first-order valence-electron chi connectivity index (χ1n) is 7.59. The number of carbonyl (C=O) groups is 1. The summed E-state index contributed by atoms with van der Waals surface area (Å²) in [4.78, 5) is 12.4. The quantitative estimate of drug-likeness (QED) is 0.757. The Morgan fingerprint density at radius 3 is 2.45 bits per heavy atom. The minimum Gasteiger partial charge on any atom is -0.508 e. The number of hydrogen-bond acceptors (Lipinski definition) is 3. The van der Waals surface area contributed by atoms with Crippen molar-refractivity contribution >= 4 is 11.6 Å². The van der Waals surface area contributed by atoms with E-state index in [1.807, 2.05) is 0 Å².